The Morgan fingerprint density at radius 3 is 2.50 bits per heavy atom. The number of rotatable bonds is 1. The maximum atomic E-state index is 5.89. The van der Waals surface area contributed by atoms with Gasteiger partial charge in [-0.05, 0) is 25.0 Å². The summed E-state index contributed by atoms with van der Waals surface area (Å²) < 4.78 is 0. The van der Waals surface area contributed by atoms with Crippen LogP contribution in [0.1, 0.15) is 12.8 Å². The number of aromatic amines is 1. The van der Waals surface area contributed by atoms with E-state index in [4.69, 9.17) is 5.73 Å². The molecule has 0 aliphatic carbocycles. The third-order valence-electron chi connectivity index (χ3n) is 3.22. The maximum absolute atomic E-state index is 5.89. The van der Waals surface area contributed by atoms with Crippen LogP contribution in [0.4, 0.5) is 5.95 Å². The predicted octanol–water partition coefficient (Wildman–Crippen LogP) is 2.33. The van der Waals surface area contributed by atoms with Crippen molar-refractivity contribution in [1.29, 1.82) is 0 Å². The molecular formula is C12H18Cl2N4. The number of para-hydroxylation sites is 2. The number of hydrogen-bond donors (Lipinski definition) is 2. The zero-order chi connectivity index (χ0) is 11.0. The van der Waals surface area contributed by atoms with Crippen molar-refractivity contribution < 1.29 is 0 Å². The number of benzene rings is 1. The summed E-state index contributed by atoms with van der Waals surface area (Å²) in [5.41, 5.74) is 8.03. The fourth-order valence-corrected chi connectivity index (χ4v) is 2.20. The van der Waals surface area contributed by atoms with Crippen LogP contribution in [0.2, 0.25) is 0 Å². The van der Waals surface area contributed by atoms with Gasteiger partial charge in [-0.1, -0.05) is 12.1 Å². The molecule has 3 N–H and O–H groups in total. The van der Waals surface area contributed by atoms with Crippen molar-refractivity contribution in [3.63, 3.8) is 0 Å². The van der Waals surface area contributed by atoms with Crippen molar-refractivity contribution in [3.8, 4) is 0 Å². The van der Waals surface area contributed by atoms with Crippen molar-refractivity contribution in [3.05, 3.63) is 24.3 Å². The van der Waals surface area contributed by atoms with Crippen LogP contribution in [0.3, 0.4) is 0 Å². The van der Waals surface area contributed by atoms with Gasteiger partial charge in [0.2, 0.25) is 5.95 Å². The lowest BCUT2D eigenvalue weighted by Gasteiger charge is -2.29. The molecule has 3 rings (SSSR count). The molecule has 1 saturated heterocycles. The van der Waals surface area contributed by atoms with Gasteiger partial charge in [-0.3, -0.25) is 0 Å². The minimum atomic E-state index is 0. The number of nitrogens with zero attached hydrogens (tertiary/aromatic N) is 2. The average molecular weight is 289 g/mol. The van der Waals surface area contributed by atoms with Gasteiger partial charge in [0.25, 0.3) is 0 Å². The fraction of sp³-hybridized carbons (Fsp3) is 0.417. The van der Waals surface area contributed by atoms with E-state index in [2.05, 4.69) is 20.9 Å². The SMILES string of the molecule is Cl.Cl.NC1CCN(c2nc3ccccc3[nH]2)CC1. The van der Waals surface area contributed by atoms with Crippen LogP contribution in [-0.2, 0) is 0 Å². The Kier molecular flexibility index (Phi) is 5.26. The Bertz CT molecular complexity index is 459. The molecule has 6 heteroatoms. The van der Waals surface area contributed by atoms with Crippen LogP contribution in [0.15, 0.2) is 24.3 Å². The van der Waals surface area contributed by atoms with E-state index in [0.29, 0.717) is 6.04 Å². The molecule has 0 bridgehead atoms. The molecule has 100 valence electrons. The number of hydrogen-bond acceptors (Lipinski definition) is 3. The van der Waals surface area contributed by atoms with Gasteiger partial charge in [0.05, 0.1) is 11.0 Å². The van der Waals surface area contributed by atoms with Gasteiger partial charge in [-0.2, -0.15) is 0 Å². The minimum Gasteiger partial charge on any atom is -0.342 e. The lowest BCUT2D eigenvalue weighted by Crippen LogP contribution is -2.40. The summed E-state index contributed by atoms with van der Waals surface area (Å²) in [6, 6.07) is 8.49. The lowest BCUT2D eigenvalue weighted by atomic mass is 10.1. The molecule has 0 spiro atoms. The predicted molar refractivity (Wildman–Crippen MR) is 80.0 cm³/mol. The Labute approximate surface area is 119 Å². The summed E-state index contributed by atoms with van der Waals surface area (Å²) in [6.07, 6.45) is 2.11. The molecule has 0 radical (unpaired) electrons. The molecule has 1 aliphatic rings. The first kappa shape index (κ1) is 15.1. The molecule has 0 atom stereocenters. The molecule has 1 aromatic heterocycles. The van der Waals surface area contributed by atoms with Gasteiger partial charge in [0.15, 0.2) is 0 Å². The lowest BCUT2D eigenvalue weighted by molar-refractivity contribution is 0.497. The Morgan fingerprint density at radius 1 is 1.17 bits per heavy atom. The smallest absolute Gasteiger partial charge is 0.203 e. The molecule has 1 fully saturated rings. The standard InChI is InChI=1S/C12H16N4.2ClH/c13-9-5-7-16(8-6-9)12-14-10-3-1-2-4-11(10)15-12;;/h1-4,9H,5-8,13H2,(H,14,15);2*1H. The number of H-pyrrole nitrogens is 1. The number of halogens is 2. The first-order chi connectivity index (χ1) is 7.83. The maximum Gasteiger partial charge on any atom is 0.203 e. The van der Waals surface area contributed by atoms with Crippen LogP contribution in [-0.4, -0.2) is 29.1 Å². The van der Waals surface area contributed by atoms with E-state index in [1.165, 1.54) is 0 Å². The second-order valence-electron chi connectivity index (χ2n) is 4.40. The van der Waals surface area contributed by atoms with Gasteiger partial charge < -0.3 is 15.6 Å². The van der Waals surface area contributed by atoms with Crippen molar-refractivity contribution in [2.75, 3.05) is 18.0 Å². The Morgan fingerprint density at radius 2 is 1.83 bits per heavy atom. The Hall–Kier alpha value is -0.970. The van der Waals surface area contributed by atoms with Gasteiger partial charge in [0, 0.05) is 19.1 Å². The van der Waals surface area contributed by atoms with Gasteiger partial charge in [-0.15, -0.1) is 24.8 Å². The third-order valence-corrected chi connectivity index (χ3v) is 3.22. The number of imidazole rings is 1. The third kappa shape index (κ3) is 2.88. The van der Waals surface area contributed by atoms with E-state index in [0.717, 1.165) is 42.9 Å². The fourth-order valence-electron chi connectivity index (χ4n) is 2.20. The van der Waals surface area contributed by atoms with Gasteiger partial charge in [0.1, 0.15) is 0 Å². The van der Waals surface area contributed by atoms with Crippen molar-refractivity contribution in [2.24, 2.45) is 5.73 Å². The molecule has 1 aromatic carbocycles. The molecule has 0 saturated carbocycles. The first-order valence-electron chi connectivity index (χ1n) is 5.78. The molecule has 2 aromatic rings. The molecule has 0 amide bonds. The number of nitrogens with two attached hydrogens (primary N) is 1. The van der Waals surface area contributed by atoms with Crippen LogP contribution >= 0.6 is 24.8 Å². The second kappa shape index (κ2) is 6.27. The van der Waals surface area contributed by atoms with Crippen LogP contribution in [0, 0.1) is 0 Å². The largest absolute Gasteiger partial charge is 0.342 e. The normalized spacial score (nSPS) is 16.2. The highest BCUT2D eigenvalue weighted by Crippen LogP contribution is 2.20. The number of anilines is 1. The zero-order valence-electron chi connectivity index (χ0n) is 10.0. The van der Waals surface area contributed by atoms with E-state index in [-0.39, 0.29) is 24.8 Å². The zero-order valence-corrected chi connectivity index (χ0v) is 11.6. The number of fused-ring (bicyclic) bond motifs is 1. The van der Waals surface area contributed by atoms with Crippen LogP contribution < -0.4 is 10.6 Å². The van der Waals surface area contributed by atoms with E-state index >= 15 is 0 Å². The monoisotopic (exact) mass is 288 g/mol. The highest BCUT2D eigenvalue weighted by Gasteiger charge is 2.18. The summed E-state index contributed by atoms with van der Waals surface area (Å²) in [5, 5.41) is 0. The highest BCUT2D eigenvalue weighted by atomic mass is 35.5. The summed E-state index contributed by atoms with van der Waals surface area (Å²) in [5.74, 6) is 0.980. The molecule has 1 aliphatic heterocycles. The second-order valence-corrected chi connectivity index (χ2v) is 4.40. The summed E-state index contributed by atoms with van der Waals surface area (Å²) in [7, 11) is 0. The van der Waals surface area contributed by atoms with E-state index in [1.54, 1.807) is 0 Å². The highest BCUT2D eigenvalue weighted by molar-refractivity contribution is 5.85. The number of piperidine rings is 1. The van der Waals surface area contributed by atoms with E-state index in [1.807, 2.05) is 18.2 Å². The average Bonchev–Trinajstić information content (AvgIpc) is 2.73. The van der Waals surface area contributed by atoms with E-state index < -0.39 is 0 Å². The molecule has 4 nitrogen and oxygen atoms in total. The summed E-state index contributed by atoms with van der Waals surface area (Å²) in [4.78, 5) is 10.2. The minimum absolute atomic E-state index is 0. The quantitative estimate of drug-likeness (QED) is 0.847. The van der Waals surface area contributed by atoms with Crippen molar-refractivity contribution in [1.82, 2.24) is 9.97 Å². The van der Waals surface area contributed by atoms with Crippen LogP contribution in [0.5, 0.6) is 0 Å². The Balaban J connectivity index is 0.000000810. The van der Waals surface area contributed by atoms with E-state index in [9.17, 15) is 0 Å². The topological polar surface area (TPSA) is 57.9 Å². The first-order valence-corrected chi connectivity index (χ1v) is 5.78. The molecule has 0 unspecified atom stereocenters. The number of nitrogens with one attached hydrogen (secondary N) is 1. The number of aromatic nitrogens is 2. The van der Waals surface area contributed by atoms with Gasteiger partial charge >= 0.3 is 0 Å². The molecule has 2 heterocycles. The van der Waals surface area contributed by atoms with Gasteiger partial charge in [-0.25, -0.2) is 4.98 Å². The van der Waals surface area contributed by atoms with Crippen molar-refractivity contribution >= 4 is 41.8 Å². The van der Waals surface area contributed by atoms with Crippen LogP contribution in [0.25, 0.3) is 11.0 Å². The molecule has 18 heavy (non-hydrogen) atoms. The summed E-state index contributed by atoms with van der Waals surface area (Å²) >= 11 is 0. The summed E-state index contributed by atoms with van der Waals surface area (Å²) in [6.45, 7) is 2.00. The molecular weight excluding hydrogens is 271 g/mol. The van der Waals surface area contributed by atoms with Crippen molar-refractivity contribution in [2.45, 2.75) is 18.9 Å².